The van der Waals surface area contributed by atoms with Gasteiger partial charge in [0.2, 0.25) is 5.91 Å². The lowest BCUT2D eigenvalue weighted by atomic mass is 10.0. The van der Waals surface area contributed by atoms with Crippen LogP contribution in [0.25, 0.3) is 0 Å². The van der Waals surface area contributed by atoms with Gasteiger partial charge in [-0.3, -0.25) is 19.3 Å². The van der Waals surface area contributed by atoms with Crippen LogP contribution in [0.2, 0.25) is 0 Å². The second kappa shape index (κ2) is 6.17. The Hall–Kier alpha value is -2.37. The Morgan fingerprint density at radius 3 is 2.50 bits per heavy atom. The highest BCUT2D eigenvalue weighted by Gasteiger charge is 2.41. The normalized spacial score (nSPS) is 20.7. The number of benzene rings is 1. The standard InChI is InChI=1S/C14H15N3O3.C2H6/c1-16-12(18)6-5-11(14(16)20)17-7-9-8(13(17)19)3-2-4-10(9)15;1-2/h2-4,11H,5-7,15H2,1H3;1-2H3. The Bertz CT molecular complexity index is 627. The van der Waals surface area contributed by atoms with E-state index in [2.05, 4.69) is 0 Å². The van der Waals surface area contributed by atoms with E-state index < -0.39 is 6.04 Å². The van der Waals surface area contributed by atoms with E-state index in [-0.39, 0.29) is 24.1 Å². The number of likely N-dealkylation sites (tertiary alicyclic amines) is 1. The van der Waals surface area contributed by atoms with Gasteiger partial charge in [0, 0.05) is 36.8 Å². The zero-order chi connectivity index (χ0) is 16.4. The van der Waals surface area contributed by atoms with Gasteiger partial charge in [0.05, 0.1) is 0 Å². The highest BCUT2D eigenvalue weighted by Crippen LogP contribution is 2.31. The van der Waals surface area contributed by atoms with E-state index in [0.717, 1.165) is 10.5 Å². The molecular formula is C16H21N3O3. The first kappa shape index (κ1) is 16.0. The maximum atomic E-state index is 12.4. The summed E-state index contributed by atoms with van der Waals surface area (Å²) in [5.41, 5.74) is 7.76. The van der Waals surface area contributed by atoms with Crippen molar-refractivity contribution in [2.45, 2.75) is 39.3 Å². The number of carbonyl (C=O) groups excluding carboxylic acids is 3. The average Bonchev–Trinajstić information content (AvgIpc) is 2.86. The molecule has 0 spiro atoms. The van der Waals surface area contributed by atoms with E-state index in [4.69, 9.17) is 5.73 Å². The van der Waals surface area contributed by atoms with Crippen LogP contribution in [0.15, 0.2) is 18.2 Å². The van der Waals surface area contributed by atoms with Crippen molar-refractivity contribution in [3.63, 3.8) is 0 Å². The number of imide groups is 1. The Morgan fingerprint density at radius 2 is 1.86 bits per heavy atom. The summed E-state index contributed by atoms with van der Waals surface area (Å²) in [6, 6.07) is 4.62. The van der Waals surface area contributed by atoms with Crippen LogP contribution in [-0.4, -0.2) is 40.6 Å². The van der Waals surface area contributed by atoms with Gasteiger partial charge in [-0.15, -0.1) is 0 Å². The number of hydrogen-bond acceptors (Lipinski definition) is 4. The molecule has 0 aliphatic carbocycles. The summed E-state index contributed by atoms with van der Waals surface area (Å²) in [4.78, 5) is 38.7. The van der Waals surface area contributed by atoms with Crippen molar-refractivity contribution in [1.82, 2.24) is 9.80 Å². The topological polar surface area (TPSA) is 83.7 Å². The van der Waals surface area contributed by atoms with Gasteiger partial charge in [-0.05, 0) is 18.6 Å². The van der Waals surface area contributed by atoms with Gasteiger partial charge in [-0.1, -0.05) is 19.9 Å². The zero-order valence-corrected chi connectivity index (χ0v) is 13.1. The SMILES string of the molecule is CC.CN1C(=O)CCC(N2Cc3c(N)cccc3C2=O)C1=O. The number of hydrogen-bond donors (Lipinski definition) is 1. The lowest BCUT2D eigenvalue weighted by Gasteiger charge is -2.33. The molecule has 0 aromatic heterocycles. The van der Waals surface area contributed by atoms with Crippen molar-refractivity contribution in [3.05, 3.63) is 29.3 Å². The summed E-state index contributed by atoms with van der Waals surface area (Å²) in [6.45, 7) is 4.33. The fourth-order valence-electron chi connectivity index (χ4n) is 2.82. The molecule has 1 saturated heterocycles. The number of anilines is 1. The third-order valence-corrected chi connectivity index (χ3v) is 4.03. The van der Waals surface area contributed by atoms with Gasteiger partial charge < -0.3 is 10.6 Å². The second-order valence-electron chi connectivity index (χ2n) is 5.15. The number of fused-ring (bicyclic) bond motifs is 1. The highest BCUT2D eigenvalue weighted by atomic mass is 16.2. The number of amides is 3. The maximum absolute atomic E-state index is 12.4. The van der Waals surface area contributed by atoms with Gasteiger partial charge >= 0.3 is 0 Å². The third kappa shape index (κ3) is 2.45. The lowest BCUT2D eigenvalue weighted by Crippen LogP contribution is -2.53. The van der Waals surface area contributed by atoms with Crippen molar-refractivity contribution in [1.29, 1.82) is 0 Å². The molecule has 118 valence electrons. The molecule has 3 amide bonds. The number of nitrogens with two attached hydrogens (primary N) is 1. The molecule has 2 heterocycles. The number of nitrogens with zero attached hydrogens (tertiary/aromatic N) is 2. The minimum atomic E-state index is -0.572. The first-order valence-electron chi connectivity index (χ1n) is 7.49. The predicted octanol–water partition coefficient (Wildman–Crippen LogP) is 1.40. The Labute approximate surface area is 129 Å². The van der Waals surface area contributed by atoms with Crippen LogP contribution in [-0.2, 0) is 16.1 Å². The first-order valence-corrected chi connectivity index (χ1v) is 7.49. The molecule has 3 rings (SSSR count). The van der Waals surface area contributed by atoms with E-state index in [1.54, 1.807) is 18.2 Å². The van der Waals surface area contributed by atoms with Crippen molar-refractivity contribution in [3.8, 4) is 0 Å². The molecule has 2 aliphatic rings. The van der Waals surface area contributed by atoms with E-state index in [0.29, 0.717) is 24.2 Å². The van der Waals surface area contributed by atoms with Crippen molar-refractivity contribution >= 4 is 23.4 Å². The first-order chi connectivity index (χ1) is 10.5. The monoisotopic (exact) mass is 303 g/mol. The summed E-state index contributed by atoms with van der Waals surface area (Å²) < 4.78 is 0. The molecule has 1 atom stereocenters. The van der Waals surface area contributed by atoms with Crippen molar-refractivity contribution in [2.24, 2.45) is 0 Å². The summed E-state index contributed by atoms with van der Waals surface area (Å²) in [5, 5.41) is 0. The maximum Gasteiger partial charge on any atom is 0.255 e. The van der Waals surface area contributed by atoms with Gasteiger partial charge in [0.25, 0.3) is 11.8 Å². The van der Waals surface area contributed by atoms with Crippen LogP contribution in [0.5, 0.6) is 0 Å². The van der Waals surface area contributed by atoms with E-state index in [9.17, 15) is 14.4 Å². The minimum absolute atomic E-state index is 0.187. The molecule has 1 fully saturated rings. The van der Waals surface area contributed by atoms with Crippen LogP contribution in [0.1, 0.15) is 42.6 Å². The number of rotatable bonds is 1. The number of likely N-dealkylation sites (N-methyl/N-ethyl adjacent to an activating group) is 1. The van der Waals surface area contributed by atoms with Gasteiger partial charge in [0.1, 0.15) is 6.04 Å². The van der Waals surface area contributed by atoms with Gasteiger partial charge in [-0.2, -0.15) is 0 Å². The van der Waals surface area contributed by atoms with Crippen LogP contribution >= 0.6 is 0 Å². The van der Waals surface area contributed by atoms with Crippen LogP contribution in [0, 0.1) is 0 Å². The van der Waals surface area contributed by atoms with Crippen molar-refractivity contribution < 1.29 is 14.4 Å². The van der Waals surface area contributed by atoms with Gasteiger partial charge in [0.15, 0.2) is 0 Å². The minimum Gasteiger partial charge on any atom is -0.398 e. The zero-order valence-electron chi connectivity index (χ0n) is 13.1. The van der Waals surface area contributed by atoms with Crippen LogP contribution in [0.3, 0.4) is 0 Å². The van der Waals surface area contributed by atoms with Crippen LogP contribution < -0.4 is 5.73 Å². The molecule has 1 aromatic rings. The number of piperidine rings is 1. The van der Waals surface area contributed by atoms with E-state index >= 15 is 0 Å². The van der Waals surface area contributed by atoms with Crippen molar-refractivity contribution in [2.75, 3.05) is 12.8 Å². The lowest BCUT2D eigenvalue weighted by molar-refractivity contribution is -0.150. The Morgan fingerprint density at radius 1 is 1.18 bits per heavy atom. The molecule has 6 heteroatoms. The Kier molecular flexibility index (Phi) is 4.49. The summed E-state index contributed by atoms with van der Waals surface area (Å²) in [5.74, 6) is -0.704. The molecule has 0 saturated carbocycles. The summed E-state index contributed by atoms with van der Waals surface area (Å²) in [6.07, 6.45) is 0.657. The van der Waals surface area contributed by atoms with Crippen LogP contribution in [0.4, 0.5) is 5.69 Å². The predicted molar refractivity (Wildman–Crippen MR) is 82.9 cm³/mol. The fourth-order valence-corrected chi connectivity index (χ4v) is 2.82. The summed E-state index contributed by atoms with van der Waals surface area (Å²) in [7, 11) is 1.46. The molecule has 0 bridgehead atoms. The molecule has 2 N–H and O–H groups in total. The molecule has 2 aliphatic heterocycles. The average molecular weight is 303 g/mol. The molecule has 1 unspecified atom stereocenters. The molecule has 22 heavy (non-hydrogen) atoms. The smallest absolute Gasteiger partial charge is 0.255 e. The third-order valence-electron chi connectivity index (χ3n) is 4.03. The second-order valence-corrected chi connectivity index (χ2v) is 5.15. The largest absolute Gasteiger partial charge is 0.398 e. The number of nitrogen functional groups attached to an aromatic ring is 1. The Balaban J connectivity index is 0.000000847. The molecule has 6 nitrogen and oxygen atoms in total. The highest BCUT2D eigenvalue weighted by molar-refractivity contribution is 6.05. The summed E-state index contributed by atoms with van der Waals surface area (Å²) >= 11 is 0. The molecule has 0 radical (unpaired) electrons. The molecular weight excluding hydrogens is 282 g/mol. The quantitative estimate of drug-likeness (QED) is 0.628. The van der Waals surface area contributed by atoms with E-state index in [1.165, 1.54) is 11.9 Å². The molecule has 1 aromatic carbocycles. The van der Waals surface area contributed by atoms with Gasteiger partial charge in [-0.25, -0.2) is 0 Å². The van der Waals surface area contributed by atoms with E-state index in [1.807, 2.05) is 13.8 Å². The fraction of sp³-hybridized carbons (Fsp3) is 0.438. The number of carbonyl (C=O) groups is 3.